The van der Waals surface area contributed by atoms with E-state index in [4.69, 9.17) is 9.73 Å². The second-order valence-corrected chi connectivity index (χ2v) is 8.61. The van der Waals surface area contributed by atoms with Crippen molar-refractivity contribution in [1.29, 1.82) is 0 Å². The van der Waals surface area contributed by atoms with E-state index in [1.807, 2.05) is 0 Å². The minimum atomic E-state index is 0.546. The fourth-order valence-corrected chi connectivity index (χ4v) is 4.96. The molecule has 0 radical (unpaired) electrons. The third-order valence-corrected chi connectivity index (χ3v) is 6.51. The Balaban J connectivity index is 1.52. The van der Waals surface area contributed by atoms with Gasteiger partial charge in [-0.2, -0.15) is 0 Å². The van der Waals surface area contributed by atoms with E-state index in [1.54, 1.807) is 7.11 Å². The van der Waals surface area contributed by atoms with Gasteiger partial charge in [0, 0.05) is 13.1 Å². The highest BCUT2D eigenvalue weighted by Gasteiger charge is 2.43. The summed E-state index contributed by atoms with van der Waals surface area (Å²) in [6, 6.07) is 9.74. The van der Waals surface area contributed by atoms with Crippen molar-refractivity contribution in [2.24, 2.45) is 16.8 Å². The van der Waals surface area contributed by atoms with Crippen molar-refractivity contribution in [3.63, 3.8) is 0 Å². The molecule has 2 heterocycles. The maximum Gasteiger partial charge on any atom is 0.197 e. The van der Waals surface area contributed by atoms with Crippen LogP contribution < -0.4 is 4.74 Å². The summed E-state index contributed by atoms with van der Waals surface area (Å²) in [5, 5.41) is 0. The Morgan fingerprint density at radius 3 is 2.54 bits per heavy atom. The summed E-state index contributed by atoms with van der Waals surface area (Å²) in [6.07, 6.45) is 6.70. The molecule has 0 spiro atoms. The van der Waals surface area contributed by atoms with Crippen LogP contribution in [0.15, 0.2) is 29.3 Å². The predicted octanol–water partition coefficient (Wildman–Crippen LogP) is 3.81. The van der Waals surface area contributed by atoms with E-state index in [1.165, 1.54) is 43.8 Å². The fraction of sp³-hybridized carbons (Fsp3) is 0.682. The van der Waals surface area contributed by atoms with Gasteiger partial charge in [0.2, 0.25) is 0 Å². The minimum absolute atomic E-state index is 0.546. The zero-order valence-corrected chi connectivity index (χ0v) is 16.5. The van der Waals surface area contributed by atoms with Gasteiger partial charge < -0.3 is 14.5 Å². The van der Waals surface area contributed by atoms with Gasteiger partial charge in [-0.1, -0.05) is 38.8 Å². The van der Waals surface area contributed by atoms with Crippen molar-refractivity contribution in [2.75, 3.05) is 26.7 Å². The number of aliphatic imine (C=N–C) groups is 1. The third-order valence-electron chi connectivity index (χ3n) is 6.51. The van der Waals surface area contributed by atoms with Gasteiger partial charge in [0.15, 0.2) is 5.96 Å². The van der Waals surface area contributed by atoms with Crippen LogP contribution in [0.5, 0.6) is 5.75 Å². The molecule has 4 heteroatoms. The molecule has 2 aliphatic heterocycles. The first-order valence-corrected chi connectivity index (χ1v) is 10.4. The molecule has 1 aromatic carbocycles. The summed E-state index contributed by atoms with van der Waals surface area (Å²) in [6.45, 7) is 7.97. The first kappa shape index (κ1) is 17.7. The van der Waals surface area contributed by atoms with Crippen LogP contribution in [0.25, 0.3) is 0 Å². The molecule has 0 aromatic heterocycles. The molecule has 1 aliphatic carbocycles. The summed E-state index contributed by atoms with van der Waals surface area (Å²) in [5.74, 6) is 3.74. The van der Waals surface area contributed by atoms with E-state index < -0.39 is 0 Å². The van der Waals surface area contributed by atoms with Gasteiger partial charge in [-0.15, -0.1) is 0 Å². The van der Waals surface area contributed by atoms with Crippen molar-refractivity contribution in [2.45, 2.75) is 58.0 Å². The molecule has 1 saturated carbocycles. The normalized spacial score (nSPS) is 25.9. The maximum atomic E-state index is 5.31. The molecule has 142 valence electrons. The lowest BCUT2D eigenvalue weighted by Crippen LogP contribution is -2.40. The van der Waals surface area contributed by atoms with Crippen LogP contribution in [0.4, 0.5) is 0 Å². The number of guanidine groups is 1. The molecule has 4 nitrogen and oxygen atoms in total. The molecule has 0 bridgehead atoms. The second kappa shape index (κ2) is 7.50. The number of fused-ring (bicyclic) bond motifs is 1. The summed E-state index contributed by atoms with van der Waals surface area (Å²) >= 11 is 0. The minimum Gasteiger partial charge on any atom is -0.497 e. The van der Waals surface area contributed by atoms with Crippen molar-refractivity contribution in [1.82, 2.24) is 9.80 Å². The molecule has 3 aliphatic rings. The lowest BCUT2D eigenvalue weighted by molar-refractivity contribution is 0.264. The van der Waals surface area contributed by atoms with Gasteiger partial charge in [-0.25, -0.2) is 0 Å². The Morgan fingerprint density at radius 1 is 1.15 bits per heavy atom. The van der Waals surface area contributed by atoms with Crippen molar-refractivity contribution < 1.29 is 4.74 Å². The van der Waals surface area contributed by atoms with E-state index >= 15 is 0 Å². The van der Waals surface area contributed by atoms with Crippen molar-refractivity contribution >= 4 is 5.96 Å². The quantitative estimate of drug-likeness (QED) is 0.777. The number of methoxy groups -OCH3 is 1. The predicted molar refractivity (Wildman–Crippen MR) is 107 cm³/mol. The first-order chi connectivity index (χ1) is 12.7. The van der Waals surface area contributed by atoms with Crippen LogP contribution >= 0.6 is 0 Å². The molecule has 1 aromatic rings. The number of rotatable bonds is 6. The highest BCUT2D eigenvalue weighted by Crippen LogP contribution is 2.33. The monoisotopic (exact) mass is 355 g/mol. The summed E-state index contributed by atoms with van der Waals surface area (Å²) in [7, 11) is 1.73. The highest BCUT2D eigenvalue weighted by atomic mass is 16.5. The highest BCUT2D eigenvalue weighted by molar-refractivity contribution is 5.84. The zero-order chi connectivity index (χ0) is 18.1. The smallest absolute Gasteiger partial charge is 0.197 e. The van der Waals surface area contributed by atoms with E-state index in [9.17, 15) is 0 Å². The molecular formula is C22H33N3O. The topological polar surface area (TPSA) is 28.1 Å². The number of benzene rings is 1. The lowest BCUT2D eigenvalue weighted by Gasteiger charge is -2.28. The standard InChI is InChI=1S/C22H33N3O/c1-16(2)21-13-23-22-24(14-18-6-4-5-7-18)19(15-25(21)22)12-17-8-10-20(26-3)11-9-17/h8-11,16,18-19,21H,4-7,12-15H2,1-3H3/t19-,21+/m0/s1. The molecule has 2 atom stereocenters. The average molecular weight is 356 g/mol. The van der Waals surface area contributed by atoms with Crippen LogP contribution in [-0.4, -0.2) is 54.6 Å². The van der Waals surface area contributed by atoms with E-state index in [2.05, 4.69) is 47.9 Å². The van der Waals surface area contributed by atoms with Gasteiger partial charge in [-0.3, -0.25) is 4.99 Å². The van der Waals surface area contributed by atoms with Gasteiger partial charge >= 0.3 is 0 Å². The number of hydrogen-bond donors (Lipinski definition) is 0. The van der Waals surface area contributed by atoms with Crippen LogP contribution in [0.1, 0.15) is 45.1 Å². The molecule has 0 unspecified atom stereocenters. The van der Waals surface area contributed by atoms with Crippen LogP contribution in [-0.2, 0) is 6.42 Å². The Bertz CT molecular complexity index is 633. The number of nitrogens with zero attached hydrogens (tertiary/aromatic N) is 3. The number of hydrogen-bond acceptors (Lipinski definition) is 4. The fourth-order valence-electron chi connectivity index (χ4n) is 4.96. The molecule has 1 saturated heterocycles. The van der Waals surface area contributed by atoms with E-state index in [0.29, 0.717) is 18.0 Å². The molecule has 26 heavy (non-hydrogen) atoms. The Morgan fingerprint density at radius 2 is 1.88 bits per heavy atom. The van der Waals surface area contributed by atoms with Gasteiger partial charge in [-0.05, 0) is 48.8 Å². The van der Waals surface area contributed by atoms with Crippen LogP contribution in [0.3, 0.4) is 0 Å². The lowest BCUT2D eigenvalue weighted by atomic mass is 10.0. The van der Waals surface area contributed by atoms with Crippen LogP contribution in [0.2, 0.25) is 0 Å². The van der Waals surface area contributed by atoms with Crippen LogP contribution in [0, 0.1) is 11.8 Å². The Hall–Kier alpha value is -1.71. The summed E-state index contributed by atoms with van der Waals surface area (Å²) in [5.41, 5.74) is 1.40. The first-order valence-electron chi connectivity index (χ1n) is 10.4. The SMILES string of the molecule is COc1ccc(C[C@H]2CN3C(=NC[C@@H]3C(C)C)N2CC2CCCC2)cc1. The van der Waals surface area contributed by atoms with E-state index in [-0.39, 0.29) is 0 Å². The molecule has 4 rings (SSSR count). The largest absolute Gasteiger partial charge is 0.497 e. The second-order valence-electron chi connectivity index (χ2n) is 8.61. The summed E-state index contributed by atoms with van der Waals surface area (Å²) in [4.78, 5) is 10.3. The average Bonchev–Trinajstić information content (AvgIpc) is 3.35. The third kappa shape index (κ3) is 3.43. The zero-order valence-electron chi connectivity index (χ0n) is 16.5. The summed E-state index contributed by atoms with van der Waals surface area (Å²) < 4.78 is 5.31. The number of ether oxygens (including phenoxy) is 1. The molecule has 0 amide bonds. The van der Waals surface area contributed by atoms with E-state index in [0.717, 1.165) is 31.2 Å². The Labute approximate surface area is 158 Å². The van der Waals surface area contributed by atoms with Gasteiger partial charge in [0.25, 0.3) is 0 Å². The van der Waals surface area contributed by atoms with Crippen molar-refractivity contribution in [3.05, 3.63) is 29.8 Å². The maximum absolute atomic E-state index is 5.31. The van der Waals surface area contributed by atoms with Gasteiger partial charge in [0.05, 0.1) is 25.7 Å². The molecule has 2 fully saturated rings. The Kier molecular flexibility index (Phi) is 5.10. The van der Waals surface area contributed by atoms with Crippen molar-refractivity contribution in [3.8, 4) is 5.75 Å². The van der Waals surface area contributed by atoms with Gasteiger partial charge in [0.1, 0.15) is 5.75 Å². The molecular weight excluding hydrogens is 322 g/mol. The molecule has 0 N–H and O–H groups in total.